The van der Waals surface area contributed by atoms with E-state index < -0.39 is 0 Å². The maximum absolute atomic E-state index is 5.50. The quantitative estimate of drug-likeness (QED) is 0.766. The SMILES string of the molecule is COc1c(C)cnc(CNc2cc(C(C)C)nc3cc(C)nn23)c1C. The summed E-state index contributed by atoms with van der Waals surface area (Å²) in [6, 6.07) is 4.06. The second-order valence-corrected chi connectivity index (χ2v) is 6.68. The molecule has 3 rings (SSSR count). The van der Waals surface area contributed by atoms with Crippen LogP contribution in [-0.4, -0.2) is 26.7 Å². The molecule has 0 saturated carbocycles. The van der Waals surface area contributed by atoms with Gasteiger partial charge in [-0.3, -0.25) is 4.98 Å². The van der Waals surface area contributed by atoms with Gasteiger partial charge in [-0.1, -0.05) is 13.8 Å². The van der Waals surface area contributed by atoms with Gasteiger partial charge in [0.05, 0.1) is 25.0 Å². The van der Waals surface area contributed by atoms with E-state index in [1.165, 1.54) is 0 Å². The molecule has 0 atom stereocenters. The lowest BCUT2D eigenvalue weighted by Gasteiger charge is -2.15. The summed E-state index contributed by atoms with van der Waals surface area (Å²) >= 11 is 0. The molecule has 0 amide bonds. The number of anilines is 1. The molecular formula is C19H25N5O. The van der Waals surface area contributed by atoms with E-state index in [2.05, 4.69) is 35.3 Å². The summed E-state index contributed by atoms with van der Waals surface area (Å²) in [6.45, 7) is 10.9. The smallest absolute Gasteiger partial charge is 0.157 e. The Kier molecular flexibility index (Phi) is 4.61. The van der Waals surface area contributed by atoms with Crippen LogP contribution in [0.4, 0.5) is 5.82 Å². The molecule has 0 bridgehead atoms. The maximum atomic E-state index is 5.50. The van der Waals surface area contributed by atoms with Gasteiger partial charge in [0.15, 0.2) is 5.65 Å². The van der Waals surface area contributed by atoms with Gasteiger partial charge in [-0.2, -0.15) is 9.61 Å². The van der Waals surface area contributed by atoms with Crippen molar-refractivity contribution >= 4 is 11.5 Å². The fraction of sp³-hybridized carbons (Fsp3) is 0.421. The molecule has 0 unspecified atom stereocenters. The Morgan fingerprint density at radius 2 is 1.96 bits per heavy atom. The number of nitrogens with zero attached hydrogens (tertiary/aromatic N) is 4. The largest absolute Gasteiger partial charge is 0.496 e. The fourth-order valence-electron chi connectivity index (χ4n) is 2.95. The third kappa shape index (κ3) is 3.29. The van der Waals surface area contributed by atoms with Crippen LogP contribution in [0.1, 0.15) is 48.0 Å². The highest BCUT2D eigenvalue weighted by molar-refractivity contribution is 5.51. The normalized spacial score (nSPS) is 11.3. The van der Waals surface area contributed by atoms with Crippen LogP contribution in [0.25, 0.3) is 5.65 Å². The van der Waals surface area contributed by atoms with E-state index in [9.17, 15) is 0 Å². The minimum Gasteiger partial charge on any atom is -0.496 e. The third-order valence-electron chi connectivity index (χ3n) is 4.35. The van der Waals surface area contributed by atoms with Gasteiger partial charge >= 0.3 is 0 Å². The molecule has 0 radical (unpaired) electrons. The van der Waals surface area contributed by atoms with Crippen molar-refractivity contribution in [3.8, 4) is 5.75 Å². The van der Waals surface area contributed by atoms with Crippen LogP contribution in [0.3, 0.4) is 0 Å². The monoisotopic (exact) mass is 339 g/mol. The van der Waals surface area contributed by atoms with Crippen LogP contribution in [0.5, 0.6) is 5.75 Å². The number of hydrogen-bond donors (Lipinski definition) is 1. The van der Waals surface area contributed by atoms with Crippen LogP contribution in [-0.2, 0) is 6.54 Å². The zero-order chi connectivity index (χ0) is 18.1. The van der Waals surface area contributed by atoms with Gasteiger partial charge in [0, 0.05) is 35.2 Å². The molecule has 25 heavy (non-hydrogen) atoms. The van der Waals surface area contributed by atoms with Crippen molar-refractivity contribution in [2.45, 2.75) is 47.1 Å². The molecule has 0 aliphatic rings. The average molecular weight is 339 g/mol. The second kappa shape index (κ2) is 6.70. The number of fused-ring (bicyclic) bond motifs is 1. The Morgan fingerprint density at radius 3 is 2.64 bits per heavy atom. The van der Waals surface area contributed by atoms with E-state index >= 15 is 0 Å². The molecule has 3 heterocycles. The van der Waals surface area contributed by atoms with Crippen molar-refractivity contribution in [1.29, 1.82) is 0 Å². The van der Waals surface area contributed by atoms with Crippen LogP contribution >= 0.6 is 0 Å². The summed E-state index contributed by atoms with van der Waals surface area (Å²) in [5.74, 6) is 2.16. The van der Waals surface area contributed by atoms with Crippen molar-refractivity contribution in [2.24, 2.45) is 0 Å². The van der Waals surface area contributed by atoms with Gasteiger partial charge in [0.2, 0.25) is 0 Å². The highest BCUT2D eigenvalue weighted by Crippen LogP contribution is 2.25. The number of rotatable bonds is 5. The van der Waals surface area contributed by atoms with Crippen LogP contribution in [0.2, 0.25) is 0 Å². The lowest BCUT2D eigenvalue weighted by Crippen LogP contribution is -2.10. The number of nitrogens with one attached hydrogen (secondary N) is 1. The summed E-state index contributed by atoms with van der Waals surface area (Å²) in [7, 11) is 1.69. The maximum Gasteiger partial charge on any atom is 0.157 e. The van der Waals surface area contributed by atoms with Crippen molar-refractivity contribution in [2.75, 3.05) is 12.4 Å². The summed E-state index contributed by atoms with van der Waals surface area (Å²) in [4.78, 5) is 9.25. The molecule has 3 aromatic heterocycles. The molecule has 0 spiro atoms. The molecule has 6 nitrogen and oxygen atoms in total. The van der Waals surface area contributed by atoms with Gasteiger partial charge in [-0.15, -0.1) is 0 Å². The zero-order valence-corrected chi connectivity index (χ0v) is 15.7. The van der Waals surface area contributed by atoms with E-state index in [0.29, 0.717) is 12.5 Å². The van der Waals surface area contributed by atoms with E-state index in [-0.39, 0.29) is 0 Å². The fourth-order valence-corrected chi connectivity index (χ4v) is 2.95. The number of methoxy groups -OCH3 is 1. The molecule has 1 N–H and O–H groups in total. The summed E-state index contributed by atoms with van der Waals surface area (Å²) in [5.41, 5.74) is 5.91. The number of pyridine rings is 1. The third-order valence-corrected chi connectivity index (χ3v) is 4.35. The molecular weight excluding hydrogens is 314 g/mol. The first-order valence-electron chi connectivity index (χ1n) is 8.51. The highest BCUT2D eigenvalue weighted by atomic mass is 16.5. The molecule has 0 fully saturated rings. The summed E-state index contributed by atoms with van der Waals surface area (Å²) in [5, 5.41) is 8.01. The van der Waals surface area contributed by atoms with E-state index in [4.69, 9.17) is 9.72 Å². The first-order valence-corrected chi connectivity index (χ1v) is 8.51. The number of aryl methyl sites for hydroxylation is 2. The molecule has 0 aromatic carbocycles. The molecule has 0 aliphatic carbocycles. The van der Waals surface area contributed by atoms with Crippen molar-refractivity contribution < 1.29 is 4.74 Å². The Balaban J connectivity index is 1.96. The lowest BCUT2D eigenvalue weighted by molar-refractivity contribution is 0.407. The van der Waals surface area contributed by atoms with Crippen LogP contribution < -0.4 is 10.1 Å². The standard InChI is InChI=1S/C19H25N5O/c1-11(2)15-8-17(24-18(22-15)7-13(4)23-24)21-10-16-14(5)19(25-6)12(3)9-20-16/h7-9,11,21H,10H2,1-6H3. The van der Waals surface area contributed by atoms with E-state index in [0.717, 1.165) is 45.4 Å². The predicted molar refractivity (Wildman–Crippen MR) is 99.4 cm³/mol. The second-order valence-electron chi connectivity index (χ2n) is 6.68. The summed E-state index contributed by atoms with van der Waals surface area (Å²) < 4.78 is 7.35. The van der Waals surface area contributed by atoms with Crippen LogP contribution in [0.15, 0.2) is 18.3 Å². The van der Waals surface area contributed by atoms with Gasteiger partial charge in [0.1, 0.15) is 11.6 Å². The highest BCUT2D eigenvalue weighted by Gasteiger charge is 2.13. The predicted octanol–water partition coefficient (Wildman–Crippen LogP) is 3.79. The van der Waals surface area contributed by atoms with Crippen molar-refractivity contribution in [1.82, 2.24) is 19.6 Å². The van der Waals surface area contributed by atoms with Gasteiger partial charge < -0.3 is 10.1 Å². The van der Waals surface area contributed by atoms with E-state index in [1.807, 2.05) is 37.5 Å². The molecule has 3 aromatic rings. The summed E-state index contributed by atoms with van der Waals surface area (Å²) in [6.07, 6.45) is 1.85. The minimum absolute atomic E-state index is 0.347. The van der Waals surface area contributed by atoms with Crippen LogP contribution in [0, 0.1) is 20.8 Å². The number of ether oxygens (including phenoxy) is 1. The van der Waals surface area contributed by atoms with Crippen molar-refractivity contribution in [3.63, 3.8) is 0 Å². The Labute approximate surface area is 148 Å². The Morgan fingerprint density at radius 1 is 1.20 bits per heavy atom. The number of aromatic nitrogens is 4. The Hall–Kier alpha value is -2.63. The van der Waals surface area contributed by atoms with Gasteiger partial charge in [-0.25, -0.2) is 4.98 Å². The topological polar surface area (TPSA) is 64.3 Å². The van der Waals surface area contributed by atoms with Gasteiger partial charge in [0.25, 0.3) is 0 Å². The lowest BCUT2D eigenvalue weighted by atomic mass is 10.1. The first-order chi connectivity index (χ1) is 11.9. The zero-order valence-electron chi connectivity index (χ0n) is 15.7. The van der Waals surface area contributed by atoms with E-state index in [1.54, 1.807) is 7.11 Å². The number of hydrogen-bond acceptors (Lipinski definition) is 5. The molecule has 6 heteroatoms. The molecule has 132 valence electrons. The Bertz CT molecular complexity index is 914. The molecule has 0 aliphatic heterocycles. The minimum atomic E-state index is 0.347. The van der Waals surface area contributed by atoms with Gasteiger partial charge in [-0.05, 0) is 26.7 Å². The van der Waals surface area contributed by atoms with Crippen molar-refractivity contribution in [3.05, 3.63) is 46.5 Å². The molecule has 0 saturated heterocycles. The average Bonchev–Trinajstić information content (AvgIpc) is 2.94. The first kappa shape index (κ1) is 17.2.